The Labute approximate surface area is 108 Å². The first-order chi connectivity index (χ1) is 8.72. The molecule has 94 valence electrons. The number of nitrogens with two attached hydrogens (primary N) is 1. The van der Waals surface area contributed by atoms with E-state index in [9.17, 15) is 0 Å². The second-order valence-corrected chi connectivity index (χ2v) is 4.30. The molecule has 3 heteroatoms. The summed E-state index contributed by atoms with van der Waals surface area (Å²) in [5, 5.41) is 0. The molecule has 2 aromatic rings. The lowest BCUT2D eigenvalue weighted by Gasteiger charge is -2.12. The van der Waals surface area contributed by atoms with Crippen molar-refractivity contribution in [2.75, 3.05) is 0 Å². The molecule has 0 atom stereocenters. The van der Waals surface area contributed by atoms with Crippen molar-refractivity contribution in [3.05, 3.63) is 58.9 Å². The number of aromatic nitrogens is 1. The molecule has 2 rings (SSSR count). The van der Waals surface area contributed by atoms with E-state index in [1.165, 1.54) is 11.1 Å². The van der Waals surface area contributed by atoms with Crippen molar-refractivity contribution in [3.8, 4) is 5.75 Å². The molecule has 3 nitrogen and oxygen atoms in total. The van der Waals surface area contributed by atoms with Gasteiger partial charge in [0.15, 0.2) is 0 Å². The third kappa shape index (κ3) is 2.68. The zero-order valence-electron chi connectivity index (χ0n) is 10.8. The summed E-state index contributed by atoms with van der Waals surface area (Å²) in [4.78, 5) is 4.24. The van der Waals surface area contributed by atoms with Crippen LogP contribution in [0.15, 0.2) is 36.5 Å². The van der Waals surface area contributed by atoms with E-state index in [0.29, 0.717) is 13.2 Å². The fourth-order valence-electron chi connectivity index (χ4n) is 1.82. The van der Waals surface area contributed by atoms with Gasteiger partial charge in [-0.05, 0) is 37.1 Å². The quantitative estimate of drug-likeness (QED) is 0.896. The number of pyridine rings is 1. The number of benzene rings is 1. The Hall–Kier alpha value is -1.87. The number of hydrogen-bond donors (Lipinski definition) is 1. The van der Waals surface area contributed by atoms with Gasteiger partial charge in [-0.1, -0.05) is 18.2 Å². The van der Waals surface area contributed by atoms with Crippen molar-refractivity contribution in [1.29, 1.82) is 0 Å². The molecule has 0 saturated heterocycles. The van der Waals surface area contributed by atoms with Gasteiger partial charge in [-0.3, -0.25) is 4.98 Å². The zero-order chi connectivity index (χ0) is 13.0. The van der Waals surface area contributed by atoms with Gasteiger partial charge in [0.25, 0.3) is 0 Å². The smallest absolute Gasteiger partial charge is 0.122 e. The summed E-state index contributed by atoms with van der Waals surface area (Å²) in [7, 11) is 0. The van der Waals surface area contributed by atoms with Gasteiger partial charge in [0.05, 0.1) is 5.69 Å². The molecular formula is C15H18N2O. The topological polar surface area (TPSA) is 48.1 Å². The van der Waals surface area contributed by atoms with E-state index in [1.54, 1.807) is 6.20 Å². The largest absolute Gasteiger partial charge is 0.489 e. The fourth-order valence-corrected chi connectivity index (χ4v) is 1.82. The predicted molar refractivity (Wildman–Crippen MR) is 72.4 cm³/mol. The Bertz CT molecular complexity index is 538. The third-order valence-electron chi connectivity index (χ3n) is 3.12. The molecule has 0 radical (unpaired) electrons. The second-order valence-electron chi connectivity index (χ2n) is 4.30. The maximum atomic E-state index is 5.85. The van der Waals surface area contributed by atoms with Gasteiger partial charge in [0.2, 0.25) is 0 Å². The summed E-state index contributed by atoms with van der Waals surface area (Å²) in [6.07, 6.45) is 1.75. The number of ether oxygens (including phenoxy) is 1. The number of nitrogens with zero attached hydrogens (tertiary/aromatic N) is 1. The van der Waals surface area contributed by atoms with Crippen LogP contribution in [0.4, 0.5) is 0 Å². The van der Waals surface area contributed by atoms with Crippen molar-refractivity contribution in [3.63, 3.8) is 0 Å². The monoisotopic (exact) mass is 242 g/mol. The Balaban J connectivity index is 2.14. The minimum absolute atomic E-state index is 0.437. The fraction of sp³-hybridized carbons (Fsp3) is 0.267. The first kappa shape index (κ1) is 12.6. The van der Waals surface area contributed by atoms with Crippen molar-refractivity contribution >= 4 is 0 Å². The van der Waals surface area contributed by atoms with Crippen LogP contribution >= 0.6 is 0 Å². The zero-order valence-corrected chi connectivity index (χ0v) is 10.8. The molecule has 1 heterocycles. The molecule has 18 heavy (non-hydrogen) atoms. The maximum absolute atomic E-state index is 5.85. The van der Waals surface area contributed by atoms with Crippen LogP contribution in [0.2, 0.25) is 0 Å². The van der Waals surface area contributed by atoms with E-state index >= 15 is 0 Å². The van der Waals surface area contributed by atoms with Gasteiger partial charge in [-0.2, -0.15) is 0 Å². The molecule has 1 aromatic carbocycles. The molecule has 0 aliphatic carbocycles. The summed E-state index contributed by atoms with van der Waals surface area (Å²) in [5.74, 6) is 0.918. The first-order valence-electron chi connectivity index (χ1n) is 6.04. The molecule has 0 amide bonds. The van der Waals surface area contributed by atoms with Crippen LogP contribution in [0, 0.1) is 13.8 Å². The van der Waals surface area contributed by atoms with E-state index in [0.717, 1.165) is 17.0 Å². The summed E-state index contributed by atoms with van der Waals surface area (Å²) in [5.41, 5.74) is 10.0. The van der Waals surface area contributed by atoms with Crippen molar-refractivity contribution in [1.82, 2.24) is 4.98 Å². The molecule has 1 aromatic heterocycles. The van der Waals surface area contributed by atoms with E-state index in [1.807, 2.05) is 24.3 Å². The number of aryl methyl sites for hydroxylation is 1. The minimum atomic E-state index is 0.437. The van der Waals surface area contributed by atoms with Gasteiger partial charge < -0.3 is 10.5 Å². The summed E-state index contributed by atoms with van der Waals surface area (Å²) in [6.45, 7) is 5.09. The van der Waals surface area contributed by atoms with Crippen LogP contribution in [0.3, 0.4) is 0 Å². The van der Waals surface area contributed by atoms with E-state index in [-0.39, 0.29) is 0 Å². The van der Waals surface area contributed by atoms with Gasteiger partial charge in [0, 0.05) is 18.3 Å². The lowest BCUT2D eigenvalue weighted by atomic mass is 10.1. The highest BCUT2D eigenvalue weighted by Gasteiger charge is 2.05. The normalized spacial score (nSPS) is 10.4. The Morgan fingerprint density at radius 1 is 1.17 bits per heavy atom. The lowest BCUT2D eigenvalue weighted by molar-refractivity contribution is 0.302. The van der Waals surface area contributed by atoms with Crippen molar-refractivity contribution in [2.45, 2.75) is 27.0 Å². The minimum Gasteiger partial charge on any atom is -0.489 e. The molecule has 0 aliphatic heterocycles. The molecule has 0 saturated carbocycles. The molecular weight excluding hydrogens is 224 g/mol. The maximum Gasteiger partial charge on any atom is 0.122 e. The van der Waals surface area contributed by atoms with Crippen LogP contribution in [0.5, 0.6) is 5.75 Å². The van der Waals surface area contributed by atoms with Crippen molar-refractivity contribution < 1.29 is 4.74 Å². The third-order valence-corrected chi connectivity index (χ3v) is 3.12. The second kappa shape index (κ2) is 5.65. The molecule has 0 aliphatic rings. The molecule has 0 spiro atoms. The molecule has 2 N–H and O–H groups in total. The Morgan fingerprint density at radius 3 is 2.78 bits per heavy atom. The van der Waals surface area contributed by atoms with Gasteiger partial charge in [-0.25, -0.2) is 0 Å². The number of hydrogen-bond acceptors (Lipinski definition) is 3. The first-order valence-corrected chi connectivity index (χ1v) is 6.04. The molecule has 0 fully saturated rings. The van der Waals surface area contributed by atoms with Gasteiger partial charge >= 0.3 is 0 Å². The summed E-state index contributed by atoms with van der Waals surface area (Å²) in [6, 6.07) is 9.98. The molecule has 0 unspecified atom stereocenters. The van der Waals surface area contributed by atoms with Crippen LogP contribution < -0.4 is 10.5 Å². The van der Waals surface area contributed by atoms with E-state index < -0.39 is 0 Å². The highest BCUT2D eigenvalue weighted by Crippen LogP contribution is 2.21. The van der Waals surface area contributed by atoms with Crippen LogP contribution in [0.1, 0.15) is 22.4 Å². The summed E-state index contributed by atoms with van der Waals surface area (Å²) < 4.78 is 5.85. The van der Waals surface area contributed by atoms with Crippen LogP contribution in [-0.4, -0.2) is 4.98 Å². The summed E-state index contributed by atoms with van der Waals surface area (Å²) >= 11 is 0. The Kier molecular flexibility index (Phi) is 3.95. The van der Waals surface area contributed by atoms with E-state index in [4.69, 9.17) is 10.5 Å². The predicted octanol–water partition coefficient (Wildman–Crippen LogP) is 2.74. The SMILES string of the molecule is Cc1cccc(OCc2cccnc2CN)c1C. The number of rotatable bonds is 4. The lowest BCUT2D eigenvalue weighted by Crippen LogP contribution is -2.07. The van der Waals surface area contributed by atoms with Gasteiger partial charge in [-0.15, -0.1) is 0 Å². The van der Waals surface area contributed by atoms with E-state index in [2.05, 4.69) is 24.9 Å². The molecule has 0 bridgehead atoms. The highest BCUT2D eigenvalue weighted by molar-refractivity contribution is 5.38. The van der Waals surface area contributed by atoms with Crippen molar-refractivity contribution in [2.24, 2.45) is 5.73 Å². The Morgan fingerprint density at radius 2 is 2.00 bits per heavy atom. The highest BCUT2D eigenvalue weighted by atomic mass is 16.5. The van der Waals surface area contributed by atoms with Crippen LogP contribution in [0.25, 0.3) is 0 Å². The van der Waals surface area contributed by atoms with Crippen LogP contribution in [-0.2, 0) is 13.2 Å². The standard InChI is InChI=1S/C15H18N2O/c1-11-5-3-7-15(12(11)2)18-10-13-6-4-8-17-14(13)9-16/h3-8H,9-10,16H2,1-2H3. The average molecular weight is 242 g/mol. The van der Waals surface area contributed by atoms with Gasteiger partial charge in [0.1, 0.15) is 12.4 Å². The average Bonchev–Trinajstić information content (AvgIpc) is 2.41.